The van der Waals surface area contributed by atoms with Crippen molar-refractivity contribution in [3.05, 3.63) is 33.8 Å². The fourth-order valence-electron chi connectivity index (χ4n) is 1.77. The zero-order valence-corrected chi connectivity index (χ0v) is 13.1. The van der Waals surface area contributed by atoms with E-state index in [9.17, 15) is 0 Å². The molecule has 0 saturated carbocycles. The van der Waals surface area contributed by atoms with Crippen molar-refractivity contribution in [3.8, 4) is 11.5 Å². The van der Waals surface area contributed by atoms with Crippen molar-refractivity contribution >= 4 is 23.2 Å². The Morgan fingerprint density at radius 1 is 1.21 bits per heavy atom. The van der Waals surface area contributed by atoms with E-state index in [2.05, 4.69) is 13.8 Å². The van der Waals surface area contributed by atoms with Gasteiger partial charge in [0, 0.05) is 0 Å². The van der Waals surface area contributed by atoms with Gasteiger partial charge in [-0.2, -0.15) is 0 Å². The van der Waals surface area contributed by atoms with Gasteiger partial charge in [0.15, 0.2) is 0 Å². The van der Waals surface area contributed by atoms with Crippen LogP contribution in [0.4, 0.5) is 0 Å². The van der Waals surface area contributed by atoms with Gasteiger partial charge >= 0.3 is 0 Å². The van der Waals surface area contributed by atoms with E-state index in [4.69, 9.17) is 32.7 Å². The van der Waals surface area contributed by atoms with Crippen molar-refractivity contribution in [2.24, 2.45) is 0 Å². The van der Waals surface area contributed by atoms with Crippen molar-refractivity contribution in [2.75, 3.05) is 13.2 Å². The quantitative estimate of drug-likeness (QED) is 0.702. The van der Waals surface area contributed by atoms with Crippen molar-refractivity contribution in [1.29, 1.82) is 0 Å². The molecule has 4 heteroatoms. The number of hydrogen-bond donors (Lipinski definition) is 0. The SMILES string of the molecule is CCCOc1c(C)cc(OCC=C(Cl)Cl)cc1CC. The van der Waals surface area contributed by atoms with Gasteiger partial charge in [-0.15, -0.1) is 0 Å². The average Bonchev–Trinajstić information content (AvgIpc) is 2.36. The van der Waals surface area contributed by atoms with Crippen LogP contribution in [0.3, 0.4) is 0 Å². The van der Waals surface area contributed by atoms with Gasteiger partial charge in [0.05, 0.1) is 6.61 Å². The smallest absolute Gasteiger partial charge is 0.125 e. The van der Waals surface area contributed by atoms with Crippen LogP contribution in [-0.4, -0.2) is 13.2 Å². The zero-order valence-electron chi connectivity index (χ0n) is 11.6. The lowest BCUT2D eigenvalue weighted by Crippen LogP contribution is -2.02. The van der Waals surface area contributed by atoms with Crippen molar-refractivity contribution in [2.45, 2.75) is 33.6 Å². The molecule has 106 valence electrons. The number of aryl methyl sites for hydroxylation is 2. The maximum absolute atomic E-state index is 5.80. The average molecular weight is 303 g/mol. The Bertz CT molecular complexity index is 438. The van der Waals surface area contributed by atoms with E-state index in [0.29, 0.717) is 6.61 Å². The van der Waals surface area contributed by atoms with Crippen LogP contribution in [0.15, 0.2) is 22.7 Å². The Balaban J connectivity index is 2.86. The molecule has 2 nitrogen and oxygen atoms in total. The Labute approximate surface area is 125 Å². The fourth-order valence-corrected chi connectivity index (χ4v) is 1.89. The molecule has 0 bridgehead atoms. The Morgan fingerprint density at radius 3 is 2.53 bits per heavy atom. The Kier molecular flexibility index (Phi) is 7.11. The summed E-state index contributed by atoms with van der Waals surface area (Å²) in [5, 5.41) is 0. The molecule has 0 spiro atoms. The van der Waals surface area contributed by atoms with Crippen LogP contribution in [0, 0.1) is 6.92 Å². The van der Waals surface area contributed by atoms with E-state index in [1.165, 1.54) is 0 Å². The molecule has 0 fully saturated rings. The van der Waals surface area contributed by atoms with Crippen LogP contribution in [0.1, 0.15) is 31.4 Å². The van der Waals surface area contributed by atoms with Gasteiger partial charge in [0.2, 0.25) is 0 Å². The van der Waals surface area contributed by atoms with E-state index < -0.39 is 0 Å². The molecule has 0 unspecified atom stereocenters. The largest absolute Gasteiger partial charge is 0.493 e. The highest BCUT2D eigenvalue weighted by atomic mass is 35.5. The number of rotatable bonds is 7. The summed E-state index contributed by atoms with van der Waals surface area (Å²) < 4.78 is 11.6. The Hall–Kier alpha value is -0.860. The predicted octanol–water partition coefficient (Wildman–Crippen LogP) is 5.04. The van der Waals surface area contributed by atoms with Gasteiger partial charge in [0.1, 0.15) is 22.6 Å². The van der Waals surface area contributed by atoms with E-state index in [0.717, 1.165) is 42.1 Å². The molecule has 1 aromatic carbocycles. The standard InChI is InChI=1S/C15H20Cl2O2/c1-4-7-19-15-11(3)9-13(10-12(15)5-2)18-8-6-14(16)17/h6,9-10H,4-5,7-8H2,1-3H3. The molecule has 0 aromatic heterocycles. The first-order valence-corrected chi connectivity index (χ1v) is 7.24. The van der Waals surface area contributed by atoms with Crippen LogP contribution in [0.2, 0.25) is 0 Å². The third-order valence-electron chi connectivity index (χ3n) is 2.64. The monoisotopic (exact) mass is 302 g/mol. The second-order valence-corrected chi connectivity index (χ2v) is 5.24. The molecule has 0 heterocycles. The van der Waals surface area contributed by atoms with Crippen molar-refractivity contribution < 1.29 is 9.47 Å². The summed E-state index contributed by atoms with van der Waals surface area (Å²) in [4.78, 5) is 0. The molecule has 0 amide bonds. The normalized spacial score (nSPS) is 10.2. The minimum absolute atomic E-state index is 0.218. The van der Waals surface area contributed by atoms with Crippen LogP contribution in [0.5, 0.6) is 11.5 Å². The molecular formula is C15H20Cl2O2. The second kappa shape index (κ2) is 8.34. The first-order valence-electron chi connectivity index (χ1n) is 6.48. The summed E-state index contributed by atoms with van der Waals surface area (Å²) in [6.45, 7) is 7.33. The lowest BCUT2D eigenvalue weighted by Gasteiger charge is -2.15. The number of benzene rings is 1. The molecule has 0 aliphatic carbocycles. The minimum atomic E-state index is 0.218. The van der Waals surface area contributed by atoms with Gasteiger partial charge in [-0.05, 0) is 49.1 Å². The molecule has 0 N–H and O–H groups in total. The summed E-state index contributed by atoms with van der Waals surface area (Å²) in [5.41, 5.74) is 2.24. The van der Waals surface area contributed by atoms with Gasteiger partial charge in [0.25, 0.3) is 0 Å². The summed E-state index contributed by atoms with van der Waals surface area (Å²) in [6.07, 6.45) is 3.52. The third kappa shape index (κ3) is 5.33. The summed E-state index contributed by atoms with van der Waals surface area (Å²) in [6, 6.07) is 3.98. The lowest BCUT2D eigenvalue weighted by molar-refractivity contribution is 0.310. The predicted molar refractivity (Wildman–Crippen MR) is 81.6 cm³/mol. The molecule has 1 aromatic rings. The number of hydrogen-bond acceptors (Lipinski definition) is 2. The van der Waals surface area contributed by atoms with Crippen molar-refractivity contribution in [3.63, 3.8) is 0 Å². The second-order valence-electron chi connectivity index (χ2n) is 4.24. The highest BCUT2D eigenvalue weighted by molar-refractivity contribution is 6.55. The summed E-state index contributed by atoms with van der Waals surface area (Å²) in [7, 11) is 0. The molecular weight excluding hydrogens is 283 g/mol. The lowest BCUT2D eigenvalue weighted by atomic mass is 10.1. The molecule has 19 heavy (non-hydrogen) atoms. The molecule has 1 rings (SSSR count). The fraction of sp³-hybridized carbons (Fsp3) is 0.467. The maximum Gasteiger partial charge on any atom is 0.125 e. The molecule has 0 saturated heterocycles. The first-order chi connectivity index (χ1) is 9.08. The highest BCUT2D eigenvalue weighted by Crippen LogP contribution is 2.29. The van der Waals surface area contributed by atoms with Crippen molar-refractivity contribution in [1.82, 2.24) is 0 Å². The zero-order chi connectivity index (χ0) is 14.3. The first kappa shape index (κ1) is 16.2. The maximum atomic E-state index is 5.80. The van der Waals surface area contributed by atoms with Crippen LogP contribution in [0.25, 0.3) is 0 Å². The highest BCUT2D eigenvalue weighted by Gasteiger charge is 2.09. The summed E-state index contributed by atoms with van der Waals surface area (Å²) >= 11 is 11.1. The van der Waals surface area contributed by atoms with Gasteiger partial charge in [-0.3, -0.25) is 0 Å². The third-order valence-corrected chi connectivity index (χ3v) is 2.95. The van der Waals surface area contributed by atoms with Gasteiger partial charge in [-0.1, -0.05) is 37.0 Å². The van der Waals surface area contributed by atoms with Crippen LogP contribution in [-0.2, 0) is 6.42 Å². The molecule has 0 radical (unpaired) electrons. The van der Waals surface area contributed by atoms with E-state index in [-0.39, 0.29) is 4.49 Å². The van der Waals surface area contributed by atoms with E-state index in [1.54, 1.807) is 6.08 Å². The van der Waals surface area contributed by atoms with E-state index >= 15 is 0 Å². The molecule has 0 aliphatic rings. The van der Waals surface area contributed by atoms with Crippen LogP contribution < -0.4 is 9.47 Å². The van der Waals surface area contributed by atoms with Gasteiger partial charge < -0.3 is 9.47 Å². The molecule has 0 atom stereocenters. The van der Waals surface area contributed by atoms with E-state index in [1.807, 2.05) is 19.1 Å². The van der Waals surface area contributed by atoms with Gasteiger partial charge in [-0.25, -0.2) is 0 Å². The summed E-state index contributed by atoms with van der Waals surface area (Å²) in [5.74, 6) is 1.78. The Morgan fingerprint density at radius 2 is 1.95 bits per heavy atom. The molecule has 0 aliphatic heterocycles. The van der Waals surface area contributed by atoms with Crippen LogP contribution >= 0.6 is 23.2 Å². The minimum Gasteiger partial charge on any atom is -0.493 e. The number of ether oxygens (including phenoxy) is 2. The topological polar surface area (TPSA) is 18.5 Å². The number of halogens is 2.